The number of carbonyl (C=O) groups is 2. The number of fused-ring (bicyclic) bond motifs is 2. The largest absolute Gasteiger partial charge is 0.444 e. The Balaban J connectivity index is 1.53. The second-order valence-corrected chi connectivity index (χ2v) is 11.2. The monoisotopic (exact) mass is 547 g/mol. The van der Waals surface area contributed by atoms with Crippen molar-refractivity contribution >= 4 is 34.5 Å². The average molecular weight is 548 g/mol. The van der Waals surface area contributed by atoms with Crippen molar-refractivity contribution in [3.63, 3.8) is 0 Å². The van der Waals surface area contributed by atoms with E-state index in [0.717, 1.165) is 16.6 Å². The molecular formula is C29H34FN7O3. The molecule has 0 saturated carbocycles. The van der Waals surface area contributed by atoms with E-state index in [1.54, 1.807) is 52.5 Å². The summed E-state index contributed by atoms with van der Waals surface area (Å²) in [6.07, 6.45) is 1.77. The lowest BCUT2D eigenvalue weighted by atomic mass is 10.00. The molecule has 4 aromatic rings. The molecule has 2 N–H and O–H groups in total. The summed E-state index contributed by atoms with van der Waals surface area (Å²) in [5.74, 6) is 0.115. The first-order valence-electron chi connectivity index (χ1n) is 13.2. The Morgan fingerprint density at radius 2 is 1.80 bits per heavy atom. The molecule has 3 amide bonds. The van der Waals surface area contributed by atoms with Crippen LogP contribution in [0, 0.1) is 19.7 Å². The molecule has 1 aliphatic rings. The van der Waals surface area contributed by atoms with Gasteiger partial charge in [0.1, 0.15) is 17.2 Å². The maximum absolute atomic E-state index is 14.5. The van der Waals surface area contributed by atoms with E-state index in [-0.39, 0.29) is 5.82 Å². The molecule has 3 heterocycles. The first-order chi connectivity index (χ1) is 18.8. The van der Waals surface area contributed by atoms with Gasteiger partial charge in [-0.25, -0.2) is 18.7 Å². The summed E-state index contributed by atoms with van der Waals surface area (Å²) in [7, 11) is 1.85. The molecule has 0 saturated heterocycles. The van der Waals surface area contributed by atoms with Crippen molar-refractivity contribution in [2.45, 2.75) is 59.6 Å². The van der Waals surface area contributed by atoms with Crippen molar-refractivity contribution in [2.75, 3.05) is 17.2 Å². The molecule has 0 radical (unpaired) electrons. The number of aromatic nitrogens is 4. The third-order valence-electron chi connectivity index (χ3n) is 7.00. The molecule has 0 spiro atoms. The van der Waals surface area contributed by atoms with Crippen LogP contribution in [0.2, 0.25) is 0 Å². The number of anilines is 2. The van der Waals surface area contributed by atoms with Gasteiger partial charge in [0.15, 0.2) is 0 Å². The molecule has 210 valence electrons. The van der Waals surface area contributed by atoms with Crippen molar-refractivity contribution in [2.24, 2.45) is 7.05 Å². The minimum atomic E-state index is -0.652. The number of hydrogen-bond donors (Lipinski definition) is 2. The number of urea groups is 1. The van der Waals surface area contributed by atoms with E-state index in [1.165, 1.54) is 0 Å². The van der Waals surface area contributed by atoms with Gasteiger partial charge in [0.05, 0.1) is 29.1 Å². The highest BCUT2D eigenvalue weighted by Gasteiger charge is 2.36. The summed E-state index contributed by atoms with van der Waals surface area (Å²) < 4.78 is 23.5. The molecular weight excluding hydrogens is 513 g/mol. The number of hydrogen-bond acceptors (Lipinski definition) is 5. The van der Waals surface area contributed by atoms with Crippen LogP contribution in [0.15, 0.2) is 36.5 Å². The number of amides is 3. The number of nitrogens with zero attached hydrogens (tertiary/aromatic N) is 5. The summed E-state index contributed by atoms with van der Waals surface area (Å²) >= 11 is 0. The summed E-state index contributed by atoms with van der Waals surface area (Å²) in [6, 6.07) is 7.99. The van der Waals surface area contributed by atoms with Crippen molar-refractivity contribution < 1.29 is 18.7 Å². The van der Waals surface area contributed by atoms with E-state index in [2.05, 4.69) is 15.7 Å². The first kappa shape index (κ1) is 27.2. The topological polar surface area (TPSA) is 106 Å². The Bertz CT molecular complexity index is 1610. The van der Waals surface area contributed by atoms with Gasteiger partial charge in [-0.05, 0) is 83.0 Å². The quantitative estimate of drug-likeness (QED) is 0.327. The molecule has 0 bridgehead atoms. The molecule has 2 aromatic heterocycles. The fourth-order valence-electron chi connectivity index (χ4n) is 5.11. The molecule has 40 heavy (non-hydrogen) atoms. The van der Waals surface area contributed by atoms with Crippen LogP contribution in [0.4, 0.5) is 25.5 Å². The Labute approximate surface area is 232 Å². The van der Waals surface area contributed by atoms with Gasteiger partial charge in [0.25, 0.3) is 0 Å². The van der Waals surface area contributed by atoms with E-state index in [4.69, 9.17) is 9.84 Å². The van der Waals surface area contributed by atoms with Crippen LogP contribution < -0.4 is 10.6 Å². The lowest BCUT2D eigenvalue weighted by Crippen LogP contribution is -2.42. The van der Waals surface area contributed by atoms with E-state index in [1.807, 2.05) is 46.9 Å². The Kier molecular flexibility index (Phi) is 6.77. The molecule has 0 aliphatic carbocycles. The molecule has 2 aromatic carbocycles. The average Bonchev–Trinajstić information content (AvgIpc) is 3.41. The Hall–Kier alpha value is -4.41. The van der Waals surface area contributed by atoms with Crippen molar-refractivity contribution in [1.82, 2.24) is 24.5 Å². The molecule has 10 nitrogen and oxygen atoms in total. The number of aryl methyl sites for hydroxylation is 3. The van der Waals surface area contributed by atoms with Crippen LogP contribution in [-0.2, 0) is 18.2 Å². The molecule has 11 heteroatoms. The fourth-order valence-corrected chi connectivity index (χ4v) is 5.11. The van der Waals surface area contributed by atoms with Gasteiger partial charge in [-0.3, -0.25) is 10.00 Å². The summed E-state index contributed by atoms with van der Waals surface area (Å²) in [6.45, 7) is 11.1. The van der Waals surface area contributed by atoms with E-state index >= 15 is 0 Å². The van der Waals surface area contributed by atoms with Gasteiger partial charge in [-0.15, -0.1) is 0 Å². The second kappa shape index (κ2) is 9.96. The Morgan fingerprint density at radius 1 is 1.10 bits per heavy atom. The summed E-state index contributed by atoms with van der Waals surface area (Å²) in [5.41, 5.74) is 3.87. The summed E-state index contributed by atoms with van der Waals surface area (Å²) in [4.78, 5) is 28.0. The van der Waals surface area contributed by atoms with Crippen LogP contribution in [0.1, 0.15) is 56.1 Å². The van der Waals surface area contributed by atoms with Gasteiger partial charge >= 0.3 is 12.1 Å². The smallest absolute Gasteiger partial charge is 0.410 e. The van der Waals surface area contributed by atoms with Gasteiger partial charge in [-0.2, -0.15) is 10.2 Å². The minimum absolute atomic E-state index is 0.289. The van der Waals surface area contributed by atoms with Crippen molar-refractivity contribution in [3.05, 3.63) is 64.7 Å². The second-order valence-electron chi connectivity index (χ2n) is 11.2. The zero-order valence-corrected chi connectivity index (χ0v) is 23.8. The third kappa shape index (κ3) is 5.11. The normalized spacial score (nSPS) is 15.2. The molecule has 5 rings (SSSR count). The van der Waals surface area contributed by atoms with E-state index in [0.29, 0.717) is 46.8 Å². The lowest BCUT2D eigenvalue weighted by molar-refractivity contribution is 0.0160. The van der Waals surface area contributed by atoms with Crippen molar-refractivity contribution in [1.29, 1.82) is 0 Å². The van der Waals surface area contributed by atoms with Gasteiger partial charge in [-0.1, -0.05) is 0 Å². The molecule has 0 fully saturated rings. The number of halogens is 1. The predicted molar refractivity (Wildman–Crippen MR) is 151 cm³/mol. The van der Waals surface area contributed by atoms with Crippen LogP contribution in [0.5, 0.6) is 0 Å². The van der Waals surface area contributed by atoms with E-state index < -0.39 is 23.8 Å². The first-order valence-corrected chi connectivity index (χ1v) is 13.2. The predicted octanol–water partition coefficient (Wildman–Crippen LogP) is 6.01. The maximum atomic E-state index is 14.5. The molecule has 1 aliphatic heterocycles. The summed E-state index contributed by atoms with van der Waals surface area (Å²) in [5, 5.41) is 15.8. The van der Waals surface area contributed by atoms with Gasteiger partial charge in [0.2, 0.25) is 0 Å². The van der Waals surface area contributed by atoms with Crippen molar-refractivity contribution in [3.8, 4) is 5.69 Å². The Morgan fingerprint density at radius 3 is 2.48 bits per heavy atom. The minimum Gasteiger partial charge on any atom is -0.444 e. The zero-order valence-electron chi connectivity index (χ0n) is 23.8. The van der Waals surface area contributed by atoms with Gasteiger partial charge in [0, 0.05) is 36.7 Å². The SMILES string of the molecule is Cc1cc(-n2nc3c(c2NC(=O)Nc2ccc4c(cnn4C)c2)[C@H](C)N(C(=O)OC(C)(C)C)CC3)cc(C)c1F. The third-order valence-corrected chi connectivity index (χ3v) is 7.00. The number of carbonyl (C=O) groups excluding carboxylic acids is 2. The van der Waals surface area contributed by atoms with Crippen LogP contribution in [0.3, 0.4) is 0 Å². The highest BCUT2D eigenvalue weighted by atomic mass is 19.1. The number of nitrogens with one attached hydrogen (secondary N) is 2. The lowest BCUT2D eigenvalue weighted by Gasteiger charge is -2.34. The maximum Gasteiger partial charge on any atom is 0.410 e. The molecule has 0 unspecified atom stereocenters. The highest BCUT2D eigenvalue weighted by molar-refractivity contribution is 6.01. The number of benzene rings is 2. The standard InChI is InChI=1S/C29H34FN7O3/c1-16-12-21(13-17(2)25(16)30)37-26(33-27(38)32-20-8-9-23-19(14-20)15-31-35(23)7)24-18(3)36(11-10-22(24)34-37)28(39)40-29(4,5)6/h8-9,12-15,18H,10-11H2,1-7H3,(H2,32,33,38)/t18-/m0/s1. The zero-order chi connectivity index (χ0) is 28.9. The highest BCUT2D eigenvalue weighted by Crippen LogP contribution is 2.37. The fraction of sp³-hybridized carbons (Fsp3) is 0.379. The van der Waals surface area contributed by atoms with Crippen LogP contribution in [-0.4, -0.2) is 48.7 Å². The van der Waals surface area contributed by atoms with Gasteiger partial charge < -0.3 is 15.0 Å². The van der Waals surface area contributed by atoms with E-state index in [9.17, 15) is 14.0 Å². The number of rotatable bonds is 3. The number of ether oxygens (including phenoxy) is 1. The molecule has 1 atom stereocenters. The van der Waals surface area contributed by atoms with Crippen LogP contribution >= 0.6 is 0 Å². The van der Waals surface area contributed by atoms with Crippen LogP contribution in [0.25, 0.3) is 16.6 Å².